The minimum absolute atomic E-state index is 0.0423. The molecule has 0 bridgehead atoms. The summed E-state index contributed by atoms with van der Waals surface area (Å²) in [6, 6.07) is 6.55. The van der Waals surface area contributed by atoms with E-state index in [0.29, 0.717) is 4.47 Å². The average molecular weight is 327 g/mol. The van der Waals surface area contributed by atoms with Crippen molar-refractivity contribution in [3.63, 3.8) is 0 Å². The van der Waals surface area contributed by atoms with E-state index in [4.69, 9.17) is 5.11 Å². The molecule has 0 aliphatic carbocycles. The molecule has 0 aliphatic heterocycles. The molecule has 0 fully saturated rings. The summed E-state index contributed by atoms with van der Waals surface area (Å²) in [7, 11) is 0. The molecule has 2 aromatic carbocycles. The van der Waals surface area contributed by atoms with Gasteiger partial charge in [0.25, 0.3) is 0 Å². The van der Waals surface area contributed by atoms with Crippen LogP contribution in [0.15, 0.2) is 34.8 Å². The van der Waals surface area contributed by atoms with Gasteiger partial charge in [0.15, 0.2) is 0 Å². The van der Waals surface area contributed by atoms with Gasteiger partial charge in [0.05, 0.1) is 5.56 Å². The molecule has 0 saturated heterocycles. The Morgan fingerprint density at radius 3 is 2.42 bits per heavy atom. The van der Waals surface area contributed by atoms with Crippen molar-refractivity contribution in [3.05, 3.63) is 57.6 Å². The Balaban J connectivity index is 2.72. The SMILES string of the molecule is Cc1cc(-c2ccc(Br)cc2C(=O)O)c(F)cc1F. The number of rotatable bonds is 2. The maximum absolute atomic E-state index is 13.8. The van der Waals surface area contributed by atoms with E-state index in [1.807, 2.05) is 0 Å². The van der Waals surface area contributed by atoms with Crippen LogP contribution in [0, 0.1) is 18.6 Å². The maximum atomic E-state index is 13.8. The number of aromatic carboxylic acids is 1. The molecule has 0 amide bonds. The van der Waals surface area contributed by atoms with Crippen LogP contribution in [0.2, 0.25) is 0 Å². The third kappa shape index (κ3) is 2.66. The number of hydrogen-bond donors (Lipinski definition) is 1. The first-order valence-corrected chi connectivity index (χ1v) is 6.18. The molecule has 98 valence electrons. The van der Waals surface area contributed by atoms with Crippen molar-refractivity contribution in [2.24, 2.45) is 0 Å². The molecule has 0 spiro atoms. The fourth-order valence-corrected chi connectivity index (χ4v) is 2.15. The molecule has 1 N–H and O–H groups in total. The Labute approximate surface area is 116 Å². The monoisotopic (exact) mass is 326 g/mol. The molecule has 0 atom stereocenters. The zero-order valence-corrected chi connectivity index (χ0v) is 11.5. The van der Waals surface area contributed by atoms with Gasteiger partial charge in [-0.25, -0.2) is 13.6 Å². The highest BCUT2D eigenvalue weighted by molar-refractivity contribution is 9.10. The minimum atomic E-state index is -1.17. The number of carbonyl (C=O) groups is 1. The number of hydrogen-bond acceptors (Lipinski definition) is 1. The molecule has 0 aromatic heterocycles. The van der Waals surface area contributed by atoms with Gasteiger partial charge < -0.3 is 5.11 Å². The second-order valence-corrected chi connectivity index (χ2v) is 4.99. The average Bonchev–Trinajstić information content (AvgIpc) is 2.34. The first-order chi connectivity index (χ1) is 8.90. The fourth-order valence-electron chi connectivity index (χ4n) is 1.79. The molecule has 2 rings (SSSR count). The van der Waals surface area contributed by atoms with Crippen LogP contribution < -0.4 is 0 Å². The van der Waals surface area contributed by atoms with Crippen molar-refractivity contribution in [2.45, 2.75) is 6.92 Å². The van der Waals surface area contributed by atoms with E-state index in [1.54, 1.807) is 6.07 Å². The number of halogens is 3. The summed E-state index contributed by atoms with van der Waals surface area (Å²) in [6.45, 7) is 1.50. The van der Waals surface area contributed by atoms with Crippen LogP contribution in [-0.2, 0) is 0 Å². The molecular weight excluding hydrogens is 318 g/mol. The summed E-state index contributed by atoms with van der Waals surface area (Å²) < 4.78 is 27.6. The lowest BCUT2D eigenvalue weighted by molar-refractivity contribution is 0.0697. The van der Waals surface area contributed by atoms with Crippen LogP contribution >= 0.6 is 15.9 Å². The lowest BCUT2D eigenvalue weighted by atomic mass is 9.97. The molecule has 5 heteroatoms. The van der Waals surface area contributed by atoms with Gasteiger partial charge in [-0.15, -0.1) is 0 Å². The van der Waals surface area contributed by atoms with Crippen LogP contribution in [0.25, 0.3) is 11.1 Å². The van der Waals surface area contributed by atoms with Gasteiger partial charge in [-0.1, -0.05) is 22.0 Å². The highest BCUT2D eigenvalue weighted by atomic mass is 79.9. The van der Waals surface area contributed by atoms with E-state index >= 15 is 0 Å². The molecular formula is C14H9BrF2O2. The van der Waals surface area contributed by atoms with Crippen molar-refractivity contribution >= 4 is 21.9 Å². The molecule has 2 aromatic rings. The molecule has 2 nitrogen and oxygen atoms in total. The number of carboxylic acid groups (broad SMARTS) is 1. The first kappa shape index (κ1) is 13.7. The quantitative estimate of drug-likeness (QED) is 0.888. The van der Waals surface area contributed by atoms with E-state index in [2.05, 4.69) is 15.9 Å². The number of benzene rings is 2. The summed E-state index contributed by atoms with van der Waals surface area (Å²) in [5.74, 6) is -2.61. The third-order valence-corrected chi connectivity index (χ3v) is 3.24. The second kappa shape index (κ2) is 5.09. The largest absolute Gasteiger partial charge is 0.478 e. The molecule has 0 heterocycles. The normalized spacial score (nSPS) is 10.5. The molecule has 0 unspecified atom stereocenters. The minimum Gasteiger partial charge on any atom is -0.478 e. The Hall–Kier alpha value is -1.75. The van der Waals surface area contributed by atoms with Crippen LogP contribution in [0.5, 0.6) is 0 Å². The van der Waals surface area contributed by atoms with E-state index in [0.717, 1.165) is 6.07 Å². The summed E-state index contributed by atoms with van der Waals surface area (Å²) >= 11 is 3.16. The zero-order valence-electron chi connectivity index (χ0n) is 9.88. The van der Waals surface area contributed by atoms with Crippen LogP contribution in [0.4, 0.5) is 8.78 Å². The van der Waals surface area contributed by atoms with Crippen molar-refractivity contribution in [2.75, 3.05) is 0 Å². The van der Waals surface area contributed by atoms with Gasteiger partial charge in [-0.3, -0.25) is 0 Å². The van der Waals surface area contributed by atoms with E-state index in [9.17, 15) is 13.6 Å². The van der Waals surface area contributed by atoms with Gasteiger partial charge in [-0.05, 0) is 36.2 Å². The Morgan fingerprint density at radius 2 is 1.79 bits per heavy atom. The standard InChI is InChI=1S/C14H9BrF2O2/c1-7-4-10(13(17)6-12(7)16)9-3-2-8(15)5-11(9)14(18)19/h2-6H,1H3,(H,18,19). The fraction of sp³-hybridized carbons (Fsp3) is 0.0714. The van der Waals surface area contributed by atoms with Crippen LogP contribution in [0.3, 0.4) is 0 Å². The van der Waals surface area contributed by atoms with E-state index in [-0.39, 0.29) is 22.3 Å². The van der Waals surface area contributed by atoms with Gasteiger partial charge in [0.1, 0.15) is 11.6 Å². The van der Waals surface area contributed by atoms with Gasteiger partial charge in [-0.2, -0.15) is 0 Å². The maximum Gasteiger partial charge on any atom is 0.336 e. The lowest BCUT2D eigenvalue weighted by Gasteiger charge is -2.09. The van der Waals surface area contributed by atoms with Crippen LogP contribution in [-0.4, -0.2) is 11.1 Å². The second-order valence-electron chi connectivity index (χ2n) is 4.08. The number of carboxylic acids is 1. The summed E-state index contributed by atoms with van der Waals surface area (Å²) in [5, 5.41) is 9.15. The van der Waals surface area contributed by atoms with Gasteiger partial charge in [0.2, 0.25) is 0 Å². The van der Waals surface area contributed by atoms with Crippen molar-refractivity contribution in [1.29, 1.82) is 0 Å². The third-order valence-electron chi connectivity index (χ3n) is 2.75. The molecule has 0 saturated carbocycles. The topological polar surface area (TPSA) is 37.3 Å². The summed E-state index contributed by atoms with van der Waals surface area (Å²) in [5.41, 5.74) is 0.509. The highest BCUT2D eigenvalue weighted by Crippen LogP contribution is 2.30. The van der Waals surface area contributed by atoms with Crippen molar-refractivity contribution in [3.8, 4) is 11.1 Å². The summed E-state index contributed by atoms with van der Waals surface area (Å²) in [4.78, 5) is 11.2. The molecule has 0 aliphatic rings. The van der Waals surface area contributed by atoms with Gasteiger partial charge >= 0.3 is 5.97 Å². The molecule has 0 radical (unpaired) electrons. The zero-order chi connectivity index (χ0) is 14.2. The van der Waals surface area contributed by atoms with Crippen LogP contribution in [0.1, 0.15) is 15.9 Å². The van der Waals surface area contributed by atoms with E-state index in [1.165, 1.54) is 25.1 Å². The summed E-state index contributed by atoms with van der Waals surface area (Å²) in [6.07, 6.45) is 0. The lowest BCUT2D eigenvalue weighted by Crippen LogP contribution is -2.01. The van der Waals surface area contributed by atoms with E-state index < -0.39 is 17.6 Å². The van der Waals surface area contributed by atoms with Crippen molar-refractivity contribution in [1.82, 2.24) is 0 Å². The molecule has 19 heavy (non-hydrogen) atoms. The Kier molecular flexibility index (Phi) is 3.66. The Morgan fingerprint density at radius 1 is 1.11 bits per heavy atom. The van der Waals surface area contributed by atoms with Gasteiger partial charge in [0, 0.05) is 16.1 Å². The first-order valence-electron chi connectivity index (χ1n) is 5.39. The smallest absolute Gasteiger partial charge is 0.336 e. The van der Waals surface area contributed by atoms with Crippen molar-refractivity contribution < 1.29 is 18.7 Å². The predicted molar refractivity (Wildman–Crippen MR) is 71.2 cm³/mol. The Bertz CT molecular complexity index is 669. The highest BCUT2D eigenvalue weighted by Gasteiger charge is 2.16. The predicted octanol–water partition coefficient (Wildman–Crippen LogP) is 4.40. The number of aryl methyl sites for hydroxylation is 1.